The Hall–Kier alpha value is -0.870. The maximum Gasteiger partial charge on any atom is 0.345 e. The van der Waals surface area contributed by atoms with Gasteiger partial charge >= 0.3 is 5.69 Å². The lowest BCUT2D eigenvalue weighted by molar-refractivity contribution is 0.890. The molecule has 0 spiro atoms. The first-order valence-electron chi connectivity index (χ1n) is 3.07. The van der Waals surface area contributed by atoms with Crippen LogP contribution in [0.4, 0.5) is 0 Å². The number of aromatic amines is 1. The van der Waals surface area contributed by atoms with Crippen molar-refractivity contribution in [1.82, 2.24) is 9.97 Å². The van der Waals surface area contributed by atoms with Gasteiger partial charge in [0.2, 0.25) is 0 Å². The van der Waals surface area contributed by atoms with Crippen LogP contribution in [0.2, 0.25) is 0 Å². The normalized spacial score (nSPS) is 8.82. The van der Waals surface area contributed by atoms with Gasteiger partial charge in [-0.1, -0.05) is 0 Å². The third kappa shape index (κ3) is 3.15. The van der Waals surface area contributed by atoms with Crippen LogP contribution in [-0.2, 0) is 6.42 Å². The highest BCUT2D eigenvalue weighted by Crippen LogP contribution is 1.86. The Morgan fingerprint density at radius 1 is 1.64 bits per heavy atom. The topological polar surface area (TPSA) is 71.8 Å². The fraction of sp³-hybridized carbons (Fsp3) is 0.333. The molecule has 0 bridgehead atoms. The highest BCUT2D eigenvalue weighted by atomic mass is 35.5. The van der Waals surface area contributed by atoms with Gasteiger partial charge in [-0.15, -0.1) is 12.4 Å². The van der Waals surface area contributed by atoms with Crippen molar-refractivity contribution in [2.75, 3.05) is 6.54 Å². The molecule has 0 saturated carbocycles. The third-order valence-corrected chi connectivity index (χ3v) is 1.15. The molecule has 0 aliphatic rings. The zero-order chi connectivity index (χ0) is 7.40. The second-order valence-corrected chi connectivity index (χ2v) is 1.94. The molecule has 0 saturated heterocycles. The van der Waals surface area contributed by atoms with E-state index in [-0.39, 0.29) is 18.1 Å². The van der Waals surface area contributed by atoms with Gasteiger partial charge in [0.15, 0.2) is 0 Å². The summed E-state index contributed by atoms with van der Waals surface area (Å²) in [5.41, 5.74) is 5.79. The minimum atomic E-state index is -0.314. The Morgan fingerprint density at radius 3 is 2.91 bits per heavy atom. The zero-order valence-electron chi connectivity index (χ0n) is 5.91. The Labute approximate surface area is 70.3 Å². The summed E-state index contributed by atoms with van der Waals surface area (Å²) < 4.78 is 0. The lowest BCUT2D eigenvalue weighted by Gasteiger charge is -1.94. The van der Waals surface area contributed by atoms with Crippen LogP contribution in [0.25, 0.3) is 0 Å². The van der Waals surface area contributed by atoms with E-state index in [4.69, 9.17) is 5.73 Å². The van der Waals surface area contributed by atoms with Crippen LogP contribution in [-0.4, -0.2) is 16.5 Å². The molecule has 0 unspecified atom stereocenters. The van der Waals surface area contributed by atoms with E-state index in [0.29, 0.717) is 13.0 Å². The molecular formula is C6H10ClN3O. The smallest absolute Gasteiger partial charge is 0.330 e. The number of hydrogen-bond donors (Lipinski definition) is 2. The van der Waals surface area contributed by atoms with Gasteiger partial charge in [0.1, 0.15) is 0 Å². The standard InChI is InChI=1S/C6H9N3O.ClH/c7-3-1-5-2-4-8-6(10)9-5;/h2,4H,1,3,7H2,(H,8,9,10);1H. The second kappa shape index (κ2) is 4.87. The number of aromatic nitrogens is 2. The average Bonchev–Trinajstić information content (AvgIpc) is 1.88. The van der Waals surface area contributed by atoms with Gasteiger partial charge < -0.3 is 10.7 Å². The number of rotatable bonds is 2. The lowest BCUT2D eigenvalue weighted by Crippen LogP contribution is -2.13. The van der Waals surface area contributed by atoms with Gasteiger partial charge in [0.25, 0.3) is 0 Å². The summed E-state index contributed by atoms with van der Waals surface area (Å²) >= 11 is 0. The van der Waals surface area contributed by atoms with Crippen molar-refractivity contribution in [3.8, 4) is 0 Å². The fourth-order valence-electron chi connectivity index (χ4n) is 0.708. The van der Waals surface area contributed by atoms with E-state index in [9.17, 15) is 4.79 Å². The number of nitrogens with zero attached hydrogens (tertiary/aromatic N) is 1. The van der Waals surface area contributed by atoms with Gasteiger partial charge in [-0.3, -0.25) is 0 Å². The summed E-state index contributed by atoms with van der Waals surface area (Å²) in [7, 11) is 0. The van der Waals surface area contributed by atoms with Crippen molar-refractivity contribution in [3.05, 3.63) is 28.4 Å². The molecule has 1 rings (SSSR count). The number of halogens is 1. The summed E-state index contributed by atoms with van der Waals surface area (Å²) in [4.78, 5) is 16.6. The van der Waals surface area contributed by atoms with Crippen molar-refractivity contribution < 1.29 is 0 Å². The van der Waals surface area contributed by atoms with Crippen LogP contribution in [0.15, 0.2) is 17.1 Å². The second-order valence-electron chi connectivity index (χ2n) is 1.94. The molecule has 1 aromatic heterocycles. The van der Waals surface area contributed by atoms with Crippen molar-refractivity contribution in [2.24, 2.45) is 5.73 Å². The van der Waals surface area contributed by atoms with Crippen molar-refractivity contribution in [2.45, 2.75) is 6.42 Å². The SMILES string of the molecule is Cl.NCCc1ccnc(=O)[nH]1. The van der Waals surface area contributed by atoms with Gasteiger partial charge in [0, 0.05) is 11.9 Å². The van der Waals surface area contributed by atoms with E-state index in [1.165, 1.54) is 6.20 Å². The highest BCUT2D eigenvalue weighted by molar-refractivity contribution is 5.85. The van der Waals surface area contributed by atoms with Gasteiger partial charge in [-0.05, 0) is 19.0 Å². The number of nitrogens with one attached hydrogen (secondary N) is 1. The Morgan fingerprint density at radius 2 is 2.36 bits per heavy atom. The van der Waals surface area contributed by atoms with Gasteiger partial charge in [-0.25, -0.2) is 9.78 Å². The molecule has 0 amide bonds. The summed E-state index contributed by atoms with van der Waals surface area (Å²) in [6.07, 6.45) is 2.17. The molecule has 62 valence electrons. The van der Waals surface area contributed by atoms with E-state index >= 15 is 0 Å². The molecule has 4 nitrogen and oxygen atoms in total. The van der Waals surface area contributed by atoms with Crippen LogP contribution >= 0.6 is 12.4 Å². The molecule has 11 heavy (non-hydrogen) atoms. The van der Waals surface area contributed by atoms with E-state index in [1.54, 1.807) is 6.07 Å². The van der Waals surface area contributed by atoms with Crippen LogP contribution in [0, 0.1) is 0 Å². The summed E-state index contributed by atoms with van der Waals surface area (Å²) in [6.45, 7) is 0.542. The van der Waals surface area contributed by atoms with E-state index in [2.05, 4.69) is 9.97 Å². The minimum absolute atomic E-state index is 0. The van der Waals surface area contributed by atoms with E-state index in [0.717, 1.165) is 5.69 Å². The molecule has 1 heterocycles. The highest BCUT2D eigenvalue weighted by Gasteiger charge is 1.89. The molecule has 1 aromatic rings. The van der Waals surface area contributed by atoms with E-state index in [1.807, 2.05) is 0 Å². The first-order valence-corrected chi connectivity index (χ1v) is 3.07. The maximum absolute atomic E-state index is 10.6. The summed E-state index contributed by atoms with van der Waals surface area (Å²) in [6, 6.07) is 1.74. The molecule has 0 radical (unpaired) electrons. The monoisotopic (exact) mass is 175 g/mol. The Bertz CT molecular complexity index is 260. The summed E-state index contributed by atoms with van der Waals surface area (Å²) in [5, 5.41) is 0. The molecule has 0 aliphatic heterocycles. The first kappa shape index (κ1) is 10.1. The number of hydrogen-bond acceptors (Lipinski definition) is 3. The number of nitrogens with two attached hydrogens (primary N) is 1. The van der Waals surface area contributed by atoms with Crippen molar-refractivity contribution in [3.63, 3.8) is 0 Å². The van der Waals surface area contributed by atoms with Crippen LogP contribution in [0.5, 0.6) is 0 Å². The predicted molar refractivity (Wildman–Crippen MR) is 44.9 cm³/mol. The molecule has 0 atom stereocenters. The molecule has 0 fully saturated rings. The van der Waals surface area contributed by atoms with Gasteiger partial charge in [-0.2, -0.15) is 0 Å². The zero-order valence-corrected chi connectivity index (χ0v) is 6.73. The average molecular weight is 176 g/mol. The van der Waals surface area contributed by atoms with Gasteiger partial charge in [0.05, 0.1) is 0 Å². The maximum atomic E-state index is 10.6. The van der Waals surface area contributed by atoms with Crippen molar-refractivity contribution >= 4 is 12.4 Å². The largest absolute Gasteiger partial charge is 0.345 e. The molecule has 5 heteroatoms. The molecule has 3 N–H and O–H groups in total. The van der Waals surface area contributed by atoms with Crippen LogP contribution in [0.3, 0.4) is 0 Å². The minimum Gasteiger partial charge on any atom is -0.330 e. The Kier molecular flexibility index (Phi) is 4.49. The molecule has 0 aliphatic carbocycles. The Balaban J connectivity index is 0.000001000. The lowest BCUT2D eigenvalue weighted by atomic mass is 10.3. The third-order valence-electron chi connectivity index (χ3n) is 1.15. The van der Waals surface area contributed by atoms with Crippen LogP contribution in [0.1, 0.15) is 5.69 Å². The molecule has 0 aromatic carbocycles. The van der Waals surface area contributed by atoms with Crippen molar-refractivity contribution in [1.29, 1.82) is 0 Å². The first-order chi connectivity index (χ1) is 4.83. The fourth-order valence-corrected chi connectivity index (χ4v) is 0.708. The van der Waals surface area contributed by atoms with E-state index < -0.39 is 0 Å². The number of H-pyrrole nitrogens is 1. The summed E-state index contributed by atoms with van der Waals surface area (Å²) in [5.74, 6) is 0. The molecular weight excluding hydrogens is 166 g/mol. The quantitative estimate of drug-likeness (QED) is 0.648. The van der Waals surface area contributed by atoms with Crippen LogP contribution < -0.4 is 11.4 Å². The predicted octanol–water partition coefficient (Wildman–Crippen LogP) is -0.307.